The fraction of sp³-hybridized carbons (Fsp3) is 0.278. The Bertz CT molecular complexity index is 1130. The quantitative estimate of drug-likeness (QED) is 0.688. The van der Waals surface area contributed by atoms with Crippen molar-refractivity contribution in [1.29, 1.82) is 0 Å². The lowest BCUT2D eigenvalue weighted by molar-refractivity contribution is -0.186. The molecule has 1 heterocycles. The number of fused-ring (bicyclic) bond motifs is 1. The molecule has 168 valence electrons. The van der Waals surface area contributed by atoms with E-state index in [0.717, 1.165) is 24.3 Å². The van der Waals surface area contributed by atoms with Crippen LogP contribution in [0.5, 0.6) is 0 Å². The van der Waals surface area contributed by atoms with Gasteiger partial charge in [0, 0.05) is 13.1 Å². The number of alkyl halides is 6. The number of nitrogens with one attached hydrogen (secondary N) is 1. The van der Waals surface area contributed by atoms with E-state index in [1.165, 1.54) is 6.07 Å². The van der Waals surface area contributed by atoms with Gasteiger partial charge < -0.3 is 4.90 Å². The molecule has 0 saturated heterocycles. The second kappa shape index (κ2) is 7.70. The summed E-state index contributed by atoms with van der Waals surface area (Å²) >= 11 is 0. The summed E-state index contributed by atoms with van der Waals surface area (Å²) in [6, 6.07) is 5.47. The molecular weight excluding hydrogens is 457 g/mol. The van der Waals surface area contributed by atoms with Gasteiger partial charge in [-0.15, -0.1) is 0 Å². The van der Waals surface area contributed by atoms with Gasteiger partial charge in [-0.05, 0) is 41.8 Å². The third kappa shape index (κ3) is 4.75. The summed E-state index contributed by atoms with van der Waals surface area (Å²) in [5.41, 5.74) is -1.98. The van der Waals surface area contributed by atoms with Gasteiger partial charge in [0.05, 0.1) is 16.1 Å². The predicted molar refractivity (Wildman–Crippen MR) is 93.8 cm³/mol. The molecule has 0 fully saturated rings. The minimum atomic E-state index is -5.09. The second-order valence-electron chi connectivity index (χ2n) is 6.68. The molecule has 3 rings (SSSR count). The van der Waals surface area contributed by atoms with Crippen LogP contribution in [0.4, 0.5) is 36.4 Å². The fourth-order valence-electron chi connectivity index (χ4n) is 3.09. The first kappa shape index (κ1) is 22.8. The third-order valence-electron chi connectivity index (χ3n) is 4.58. The molecule has 0 unspecified atom stereocenters. The number of rotatable bonds is 3. The van der Waals surface area contributed by atoms with Gasteiger partial charge in [-0.2, -0.15) is 26.3 Å². The first-order valence-electron chi connectivity index (χ1n) is 8.56. The summed E-state index contributed by atoms with van der Waals surface area (Å²) in [5, 5.41) is 0. The fourth-order valence-corrected chi connectivity index (χ4v) is 4.20. The van der Waals surface area contributed by atoms with E-state index in [-0.39, 0.29) is 18.5 Å². The lowest BCUT2D eigenvalue weighted by atomic mass is 10.00. The number of hydrogen-bond acceptors (Lipinski definition) is 3. The van der Waals surface area contributed by atoms with Gasteiger partial charge in [0.2, 0.25) is 0 Å². The average molecular weight is 470 g/mol. The number of halogens is 7. The highest BCUT2D eigenvalue weighted by molar-refractivity contribution is 7.92. The maximum absolute atomic E-state index is 14.1. The van der Waals surface area contributed by atoms with Crippen molar-refractivity contribution < 1.29 is 43.9 Å². The van der Waals surface area contributed by atoms with Gasteiger partial charge in [0.15, 0.2) is 5.82 Å². The zero-order valence-corrected chi connectivity index (χ0v) is 16.1. The van der Waals surface area contributed by atoms with Crippen molar-refractivity contribution in [2.75, 3.05) is 11.3 Å². The number of hydrogen-bond donors (Lipinski definition) is 1. The Balaban J connectivity index is 1.90. The Hall–Kier alpha value is -2.83. The zero-order chi connectivity index (χ0) is 23.2. The van der Waals surface area contributed by atoms with Crippen molar-refractivity contribution in [3.8, 4) is 0 Å². The third-order valence-corrected chi connectivity index (χ3v) is 5.94. The first-order chi connectivity index (χ1) is 14.2. The molecule has 1 N–H and O–H groups in total. The van der Waals surface area contributed by atoms with Gasteiger partial charge >= 0.3 is 18.3 Å². The van der Waals surface area contributed by atoms with Crippen molar-refractivity contribution in [3.05, 3.63) is 58.9 Å². The number of carbonyl (C=O) groups excluding carboxylic acids is 1. The van der Waals surface area contributed by atoms with Crippen LogP contribution in [0.15, 0.2) is 41.3 Å². The number of benzene rings is 2. The molecule has 0 aromatic heterocycles. The van der Waals surface area contributed by atoms with Crippen LogP contribution in [0, 0.1) is 5.82 Å². The van der Waals surface area contributed by atoms with Gasteiger partial charge in [-0.25, -0.2) is 12.8 Å². The van der Waals surface area contributed by atoms with Crippen LogP contribution in [0.25, 0.3) is 0 Å². The van der Waals surface area contributed by atoms with E-state index in [2.05, 4.69) is 0 Å². The van der Waals surface area contributed by atoms with Crippen LogP contribution in [0.3, 0.4) is 0 Å². The minimum Gasteiger partial charge on any atom is -0.330 e. The summed E-state index contributed by atoms with van der Waals surface area (Å²) in [4.78, 5) is 11.4. The maximum atomic E-state index is 14.1. The zero-order valence-electron chi connectivity index (χ0n) is 15.3. The first-order valence-corrected chi connectivity index (χ1v) is 10.0. The normalized spacial score (nSPS) is 14.9. The topological polar surface area (TPSA) is 66.5 Å². The van der Waals surface area contributed by atoms with Crippen molar-refractivity contribution in [2.45, 2.75) is 30.2 Å². The highest BCUT2D eigenvalue weighted by Gasteiger charge is 2.43. The van der Waals surface area contributed by atoms with E-state index < -0.39 is 56.8 Å². The molecule has 2 aromatic rings. The van der Waals surface area contributed by atoms with Crippen molar-refractivity contribution in [3.63, 3.8) is 0 Å². The van der Waals surface area contributed by atoms with Crippen molar-refractivity contribution >= 4 is 21.6 Å². The molecule has 0 atom stereocenters. The summed E-state index contributed by atoms with van der Waals surface area (Å²) < 4.78 is 117. The second-order valence-corrected chi connectivity index (χ2v) is 8.36. The van der Waals surface area contributed by atoms with E-state index in [9.17, 15) is 43.9 Å². The molecule has 1 aliphatic heterocycles. The van der Waals surface area contributed by atoms with Gasteiger partial charge in [-0.3, -0.25) is 9.52 Å². The maximum Gasteiger partial charge on any atom is 0.471 e. The molecule has 5 nitrogen and oxygen atoms in total. The molecule has 0 radical (unpaired) electrons. The smallest absolute Gasteiger partial charge is 0.330 e. The van der Waals surface area contributed by atoms with E-state index in [1.807, 2.05) is 0 Å². The number of nitrogens with zero attached hydrogens (tertiary/aromatic N) is 1. The molecule has 13 heteroatoms. The van der Waals surface area contributed by atoms with E-state index >= 15 is 0 Å². The van der Waals surface area contributed by atoms with E-state index in [0.29, 0.717) is 16.5 Å². The summed E-state index contributed by atoms with van der Waals surface area (Å²) in [7, 11) is -4.58. The Morgan fingerprint density at radius 1 is 1.00 bits per heavy atom. The van der Waals surface area contributed by atoms with Crippen molar-refractivity contribution in [2.24, 2.45) is 0 Å². The molecule has 31 heavy (non-hydrogen) atoms. The lowest BCUT2D eigenvalue weighted by Gasteiger charge is -2.29. The molecule has 1 amide bonds. The van der Waals surface area contributed by atoms with Crippen LogP contribution in [0.1, 0.15) is 16.7 Å². The van der Waals surface area contributed by atoms with Gasteiger partial charge in [0.1, 0.15) is 0 Å². The summed E-state index contributed by atoms with van der Waals surface area (Å²) in [6.45, 7) is -0.722. The molecule has 2 aromatic carbocycles. The summed E-state index contributed by atoms with van der Waals surface area (Å²) in [6.07, 6.45) is -10.1. The highest BCUT2D eigenvalue weighted by Crippen LogP contribution is 2.35. The Morgan fingerprint density at radius 2 is 1.68 bits per heavy atom. The average Bonchev–Trinajstić information content (AvgIpc) is 2.66. The molecule has 0 saturated carbocycles. The van der Waals surface area contributed by atoms with Gasteiger partial charge in [-0.1, -0.05) is 12.1 Å². The largest absolute Gasteiger partial charge is 0.471 e. The lowest BCUT2D eigenvalue weighted by Crippen LogP contribution is -2.43. The van der Waals surface area contributed by atoms with Crippen LogP contribution in [-0.4, -0.2) is 31.9 Å². The number of amides is 1. The van der Waals surface area contributed by atoms with Crippen molar-refractivity contribution in [1.82, 2.24) is 4.90 Å². The summed E-state index contributed by atoms with van der Waals surface area (Å²) in [5.74, 6) is -3.89. The molecular formula is C18H13F7N2O3S. The molecule has 0 aliphatic carbocycles. The van der Waals surface area contributed by atoms with E-state index in [1.54, 1.807) is 4.72 Å². The molecule has 0 bridgehead atoms. The van der Waals surface area contributed by atoms with Crippen LogP contribution < -0.4 is 4.72 Å². The van der Waals surface area contributed by atoms with Crippen LogP contribution in [0.2, 0.25) is 0 Å². The monoisotopic (exact) mass is 470 g/mol. The van der Waals surface area contributed by atoms with Crippen LogP contribution >= 0.6 is 0 Å². The molecule has 0 spiro atoms. The number of sulfonamides is 1. The minimum absolute atomic E-state index is 0.0488. The Kier molecular flexibility index (Phi) is 5.67. The Labute approximate surface area is 171 Å². The van der Waals surface area contributed by atoms with Crippen LogP contribution in [-0.2, 0) is 34.0 Å². The van der Waals surface area contributed by atoms with Gasteiger partial charge in [0.25, 0.3) is 10.0 Å². The highest BCUT2D eigenvalue weighted by atomic mass is 32.2. The SMILES string of the molecule is O=C(N1CCc2ccc(S(=O)(=O)Nc3cccc(C(F)(F)F)c3F)cc2C1)C(F)(F)F. The Morgan fingerprint density at radius 3 is 2.29 bits per heavy atom. The predicted octanol–water partition coefficient (Wildman–Crippen LogP) is 4.09. The number of carbonyl (C=O) groups is 1. The van der Waals surface area contributed by atoms with E-state index in [4.69, 9.17) is 0 Å². The standard InChI is InChI=1S/C18H13F7N2O3S/c19-15-13(17(20,21)22)2-1-3-14(15)26-31(29,30)12-5-4-10-6-7-27(9-11(10)8-12)16(28)18(23,24)25/h1-5,8,26H,6-7,9H2. The molecule has 1 aliphatic rings. The number of anilines is 1.